The predicted octanol–water partition coefficient (Wildman–Crippen LogP) is 2.59. The van der Waals surface area contributed by atoms with Gasteiger partial charge in [0.15, 0.2) is 5.96 Å². The van der Waals surface area contributed by atoms with E-state index in [0.29, 0.717) is 24.4 Å². The van der Waals surface area contributed by atoms with Crippen LogP contribution < -0.4 is 16.0 Å². The van der Waals surface area contributed by atoms with Crippen molar-refractivity contribution in [3.63, 3.8) is 0 Å². The van der Waals surface area contributed by atoms with Crippen molar-refractivity contribution in [2.24, 2.45) is 10.4 Å². The highest BCUT2D eigenvalue weighted by Gasteiger charge is 2.33. The van der Waals surface area contributed by atoms with Gasteiger partial charge in [0.1, 0.15) is 0 Å². The van der Waals surface area contributed by atoms with Gasteiger partial charge in [-0.1, -0.05) is 25.7 Å². The molecule has 6 nitrogen and oxygen atoms in total. The Morgan fingerprint density at radius 1 is 1.15 bits per heavy atom. The fraction of sp³-hybridized carbons (Fsp3) is 0.900. The Kier molecular flexibility index (Phi) is 9.23. The first-order chi connectivity index (χ1) is 12.7. The largest absolute Gasteiger partial charge is 0.382 e. The van der Waals surface area contributed by atoms with Crippen molar-refractivity contribution in [1.29, 1.82) is 0 Å². The van der Waals surface area contributed by atoms with E-state index in [1.807, 2.05) is 6.92 Å². The first-order valence-electron chi connectivity index (χ1n) is 10.5. The number of aliphatic imine (C=N–C) groups is 1. The Morgan fingerprint density at radius 2 is 1.88 bits per heavy atom. The molecule has 0 aromatic carbocycles. The van der Waals surface area contributed by atoms with E-state index in [-0.39, 0.29) is 5.91 Å². The van der Waals surface area contributed by atoms with Gasteiger partial charge in [-0.25, -0.2) is 0 Å². The first-order valence-corrected chi connectivity index (χ1v) is 10.5. The molecule has 0 bridgehead atoms. The lowest BCUT2D eigenvalue weighted by atomic mass is 9.83. The Morgan fingerprint density at radius 3 is 2.54 bits per heavy atom. The van der Waals surface area contributed by atoms with Crippen LogP contribution in [-0.4, -0.2) is 51.3 Å². The van der Waals surface area contributed by atoms with E-state index in [1.54, 1.807) is 7.05 Å². The molecule has 3 N–H and O–H groups in total. The zero-order valence-electron chi connectivity index (χ0n) is 16.7. The van der Waals surface area contributed by atoms with Gasteiger partial charge in [-0.05, 0) is 44.4 Å². The Balaban J connectivity index is 1.66. The second-order valence-electron chi connectivity index (χ2n) is 7.81. The number of ether oxygens (including phenoxy) is 1. The number of amides is 1. The van der Waals surface area contributed by atoms with Crippen LogP contribution in [0.25, 0.3) is 0 Å². The summed E-state index contributed by atoms with van der Waals surface area (Å²) < 4.78 is 5.58. The maximum absolute atomic E-state index is 12.0. The normalized spacial score (nSPS) is 20.3. The molecule has 2 saturated carbocycles. The third kappa shape index (κ3) is 7.14. The van der Waals surface area contributed by atoms with Gasteiger partial charge in [0.25, 0.3) is 0 Å². The van der Waals surface area contributed by atoms with Crippen LogP contribution in [0.15, 0.2) is 4.99 Å². The number of hydrogen-bond donors (Lipinski definition) is 3. The number of nitrogens with one attached hydrogen (secondary N) is 3. The molecular weight excluding hydrogens is 328 g/mol. The summed E-state index contributed by atoms with van der Waals surface area (Å²) in [6.07, 6.45) is 11.5. The summed E-state index contributed by atoms with van der Waals surface area (Å²) in [4.78, 5) is 16.3. The molecule has 2 rings (SSSR count). The lowest BCUT2D eigenvalue weighted by Gasteiger charge is -2.30. The predicted molar refractivity (Wildman–Crippen MR) is 106 cm³/mol. The van der Waals surface area contributed by atoms with E-state index in [1.165, 1.54) is 38.5 Å². The fourth-order valence-corrected chi connectivity index (χ4v) is 4.23. The van der Waals surface area contributed by atoms with Crippen molar-refractivity contribution in [3.05, 3.63) is 0 Å². The highest BCUT2D eigenvalue weighted by atomic mass is 16.5. The Labute approximate surface area is 158 Å². The second-order valence-corrected chi connectivity index (χ2v) is 7.81. The topological polar surface area (TPSA) is 74.8 Å². The molecule has 2 aliphatic carbocycles. The zero-order valence-corrected chi connectivity index (χ0v) is 16.7. The van der Waals surface area contributed by atoms with Gasteiger partial charge in [0.2, 0.25) is 5.91 Å². The number of hydrogen-bond acceptors (Lipinski definition) is 3. The highest BCUT2D eigenvalue weighted by molar-refractivity contribution is 5.81. The van der Waals surface area contributed by atoms with Crippen LogP contribution >= 0.6 is 0 Å². The quantitative estimate of drug-likeness (QED) is 0.316. The molecule has 2 aliphatic rings. The number of carbonyl (C=O) groups excluding carboxylic acids is 1. The standard InChI is InChI=1S/C20H38N4O2/c1-3-26-15-13-20(11-6-7-12-20)16-23-19(21-2)22-14-10-18(25)24-17-8-4-5-9-17/h17H,3-16H2,1-2H3,(H,24,25)(H2,21,22,23). The summed E-state index contributed by atoms with van der Waals surface area (Å²) in [7, 11) is 1.79. The number of guanidine groups is 1. The average molecular weight is 367 g/mol. The minimum absolute atomic E-state index is 0.142. The van der Waals surface area contributed by atoms with E-state index < -0.39 is 0 Å². The summed E-state index contributed by atoms with van der Waals surface area (Å²) >= 11 is 0. The molecule has 0 radical (unpaired) electrons. The van der Waals surface area contributed by atoms with Crippen molar-refractivity contribution in [3.8, 4) is 0 Å². The Bertz CT molecular complexity index is 441. The van der Waals surface area contributed by atoms with E-state index in [9.17, 15) is 4.79 Å². The summed E-state index contributed by atoms with van der Waals surface area (Å²) in [5.41, 5.74) is 0.326. The van der Waals surface area contributed by atoms with Crippen LogP contribution in [0.1, 0.15) is 71.1 Å². The van der Waals surface area contributed by atoms with Gasteiger partial charge in [0.05, 0.1) is 0 Å². The van der Waals surface area contributed by atoms with Crippen LogP contribution in [0.4, 0.5) is 0 Å². The molecular formula is C20H38N4O2. The summed E-state index contributed by atoms with van der Waals surface area (Å²) in [6.45, 7) is 5.22. The molecule has 0 saturated heterocycles. The number of carbonyl (C=O) groups is 1. The fourth-order valence-electron chi connectivity index (χ4n) is 4.23. The summed E-state index contributed by atoms with van der Waals surface area (Å²) in [5, 5.41) is 9.89. The van der Waals surface area contributed by atoms with Gasteiger partial charge in [-0.2, -0.15) is 0 Å². The molecule has 26 heavy (non-hydrogen) atoms. The van der Waals surface area contributed by atoms with Crippen LogP contribution in [0.2, 0.25) is 0 Å². The highest BCUT2D eigenvalue weighted by Crippen LogP contribution is 2.40. The molecule has 150 valence electrons. The molecule has 0 heterocycles. The van der Waals surface area contributed by atoms with Gasteiger partial charge >= 0.3 is 0 Å². The SMILES string of the molecule is CCOCCC1(CNC(=NC)NCCC(=O)NC2CCCC2)CCCC1. The maximum Gasteiger partial charge on any atom is 0.221 e. The summed E-state index contributed by atoms with van der Waals surface area (Å²) in [6, 6.07) is 0.396. The lowest BCUT2D eigenvalue weighted by molar-refractivity contribution is -0.121. The van der Waals surface area contributed by atoms with Crippen LogP contribution in [0.3, 0.4) is 0 Å². The molecule has 0 unspecified atom stereocenters. The molecule has 2 fully saturated rings. The van der Waals surface area contributed by atoms with Crippen molar-refractivity contribution in [1.82, 2.24) is 16.0 Å². The number of rotatable bonds is 10. The van der Waals surface area contributed by atoms with Crippen molar-refractivity contribution >= 4 is 11.9 Å². The van der Waals surface area contributed by atoms with Crippen LogP contribution in [0.5, 0.6) is 0 Å². The van der Waals surface area contributed by atoms with Gasteiger partial charge in [0, 0.05) is 45.8 Å². The molecule has 0 spiro atoms. The van der Waals surface area contributed by atoms with Gasteiger partial charge in [-0.3, -0.25) is 9.79 Å². The molecule has 0 atom stereocenters. The molecule has 0 aromatic rings. The zero-order chi connectivity index (χ0) is 18.7. The molecule has 1 amide bonds. The number of nitrogens with zero attached hydrogens (tertiary/aromatic N) is 1. The molecule has 0 aliphatic heterocycles. The van der Waals surface area contributed by atoms with E-state index in [2.05, 4.69) is 20.9 Å². The molecule has 6 heteroatoms. The second kappa shape index (κ2) is 11.4. The lowest BCUT2D eigenvalue weighted by Crippen LogP contribution is -2.44. The van der Waals surface area contributed by atoms with Crippen LogP contribution in [-0.2, 0) is 9.53 Å². The monoisotopic (exact) mass is 366 g/mol. The first kappa shape index (κ1) is 21.0. The average Bonchev–Trinajstić information content (AvgIpc) is 3.31. The van der Waals surface area contributed by atoms with Gasteiger partial charge < -0.3 is 20.7 Å². The maximum atomic E-state index is 12.0. The van der Waals surface area contributed by atoms with Gasteiger partial charge in [-0.15, -0.1) is 0 Å². The van der Waals surface area contributed by atoms with E-state index in [0.717, 1.165) is 45.0 Å². The molecule has 0 aromatic heterocycles. The van der Waals surface area contributed by atoms with E-state index >= 15 is 0 Å². The minimum Gasteiger partial charge on any atom is -0.382 e. The van der Waals surface area contributed by atoms with Crippen LogP contribution in [0, 0.1) is 5.41 Å². The smallest absolute Gasteiger partial charge is 0.221 e. The van der Waals surface area contributed by atoms with E-state index in [4.69, 9.17) is 4.74 Å². The minimum atomic E-state index is 0.142. The van der Waals surface area contributed by atoms with Crippen molar-refractivity contribution < 1.29 is 9.53 Å². The third-order valence-corrected chi connectivity index (χ3v) is 5.86. The summed E-state index contributed by atoms with van der Waals surface area (Å²) in [5.74, 6) is 0.935. The van der Waals surface area contributed by atoms with Crippen molar-refractivity contribution in [2.75, 3.05) is 33.4 Å². The van der Waals surface area contributed by atoms with Crippen molar-refractivity contribution in [2.45, 2.75) is 77.2 Å². The Hall–Kier alpha value is -1.30. The third-order valence-electron chi connectivity index (χ3n) is 5.86.